The molecule has 0 saturated carbocycles. The predicted molar refractivity (Wildman–Crippen MR) is 141 cm³/mol. The number of nitrogens with zero attached hydrogens (tertiary/aromatic N) is 4. The van der Waals surface area contributed by atoms with Crippen LogP contribution < -0.4 is 11.1 Å². The highest BCUT2D eigenvalue weighted by molar-refractivity contribution is 5.94. The Labute approximate surface area is 245 Å². The van der Waals surface area contributed by atoms with E-state index in [4.69, 9.17) is 5.73 Å². The van der Waals surface area contributed by atoms with E-state index in [1.165, 1.54) is 18.3 Å². The number of amides is 2. The number of hydrogen-bond acceptors (Lipinski definition) is 5. The average Bonchev–Trinajstić information content (AvgIpc) is 3.32. The highest BCUT2D eigenvalue weighted by Crippen LogP contribution is 2.43. The fraction of sp³-hybridized carbons (Fsp3) is 0.276. The first-order valence-corrected chi connectivity index (χ1v) is 13.2. The van der Waals surface area contributed by atoms with Crippen LogP contribution in [0.1, 0.15) is 63.9 Å². The van der Waals surface area contributed by atoms with E-state index >= 15 is 0 Å². The zero-order valence-electron chi connectivity index (χ0n) is 22.6. The van der Waals surface area contributed by atoms with E-state index in [9.17, 15) is 40.3 Å². The Morgan fingerprint density at radius 1 is 1.05 bits per heavy atom. The number of aromatic nitrogens is 4. The number of primary amides is 1. The molecule has 3 N–H and O–H groups in total. The number of carbonyl (C=O) groups is 2. The lowest BCUT2D eigenvalue weighted by Gasteiger charge is -2.25. The number of pyridine rings is 2. The molecule has 1 aliphatic rings. The fourth-order valence-electron chi connectivity index (χ4n) is 5.33. The SMILES string of the molecule is NC(=O)c1cc(-c2cccnc2[C@H](Cc2cc(F)cc(F)c2)NC(=O)Cn2nc(C(F)F)c3c2C(F)(F)CCC3)cnc1F. The van der Waals surface area contributed by atoms with E-state index in [2.05, 4.69) is 20.4 Å². The fourth-order valence-corrected chi connectivity index (χ4v) is 5.33. The first kappa shape index (κ1) is 30.6. The molecule has 4 aromatic rings. The van der Waals surface area contributed by atoms with Crippen molar-refractivity contribution in [1.82, 2.24) is 25.1 Å². The Kier molecular flexibility index (Phi) is 8.39. The number of nitrogens with one attached hydrogen (secondary N) is 1. The van der Waals surface area contributed by atoms with E-state index in [1.54, 1.807) is 0 Å². The van der Waals surface area contributed by atoms with E-state index in [1.807, 2.05) is 0 Å². The summed E-state index contributed by atoms with van der Waals surface area (Å²) >= 11 is 0. The second-order valence-corrected chi connectivity index (χ2v) is 10.2. The van der Waals surface area contributed by atoms with Crippen LogP contribution in [-0.2, 0) is 30.1 Å². The van der Waals surface area contributed by atoms with Crippen LogP contribution >= 0.6 is 0 Å². The van der Waals surface area contributed by atoms with Crippen molar-refractivity contribution in [3.63, 3.8) is 0 Å². The maximum atomic E-state index is 14.8. The number of benzene rings is 1. The molecule has 5 rings (SSSR count). The van der Waals surface area contributed by atoms with Gasteiger partial charge in [-0.2, -0.15) is 18.3 Å². The summed E-state index contributed by atoms with van der Waals surface area (Å²) in [5.74, 6) is -8.52. The summed E-state index contributed by atoms with van der Waals surface area (Å²) in [6, 6.07) is 5.53. The molecule has 0 saturated heterocycles. The van der Waals surface area contributed by atoms with E-state index in [0.717, 1.165) is 24.4 Å². The summed E-state index contributed by atoms with van der Waals surface area (Å²) < 4.78 is 99.8. The second kappa shape index (κ2) is 12.1. The van der Waals surface area contributed by atoms with Gasteiger partial charge in [-0.05, 0) is 49.1 Å². The lowest BCUT2D eigenvalue weighted by molar-refractivity contribution is -0.123. The van der Waals surface area contributed by atoms with Gasteiger partial charge >= 0.3 is 0 Å². The Morgan fingerprint density at radius 3 is 2.45 bits per heavy atom. The van der Waals surface area contributed by atoms with Crippen molar-refractivity contribution in [2.45, 2.75) is 50.6 Å². The van der Waals surface area contributed by atoms with Crippen LogP contribution in [0.4, 0.5) is 30.7 Å². The molecule has 0 spiro atoms. The molecule has 15 heteroatoms. The van der Waals surface area contributed by atoms with Crippen molar-refractivity contribution in [2.75, 3.05) is 0 Å². The zero-order chi connectivity index (χ0) is 31.8. The lowest BCUT2D eigenvalue weighted by atomic mass is 9.92. The topological polar surface area (TPSA) is 116 Å². The molecule has 0 radical (unpaired) electrons. The summed E-state index contributed by atoms with van der Waals surface area (Å²) in [4.78, 5) is 32.9. The van der Waals surface area contributed by atoms with Crippen molar-refractivity contribution < 1.29 is 40.3 Å². The third kappa shape index (κ3) is 6.26. The van der Waals surface area contributed by atoms with Gasteiger partial charge in [-0.3, -0.25) is 19.3 Å². The normalized spacial score (nSPS) is 14.7. The molecule has 0 aliphatic heterocycles. The minimum Gasteiger partial charge on any atom is -0.365 e. The third-order valence-corrected chi connectivity index (χ3v) is 7.13. The van der Waals surface area contributed by atoms with Crippen molar-refractivity contribution in [3.8, 4) is 11.1 Å². The molecule has 2 amide bonds. The Balaban J connectivity index is 1.54. The maximum absolute atomic E-state index is 14.8. The van der Waals surface area contributed by atoms with Crippen molar-refractivity contribution in [1.29, 1.82) is 0 Å². The van der Waals surface area contributed by atoms with Gasteiger partial charge in [0.25, 0.3) is 18.3 Å². The van der Waals surface area contributed by atoms with Crippen LogP contribution in [0, 0.1) is 17.6 Å². The molecule has 8 nitrogen and oxygen atoms in total. The summed E-state index contributed by atoms with van der Waals surface area (Å²) in [6.07, 6.45) is -1.73. The smallest absolute Gasteiger partial charge is 0.289 e. The van der Waals surface area contributed by atoms with Crippen LogP contribution in [-0.4, -0.2) is 31.6 Å². The Morgan fingerprint density at radius 2 is 1.77 bits per heavy atom. The van der Waals surface area contributed by atoms with Crippen molar-refractivity contribution in [2.24, 2.45) is 5.73 Å². The number of rotatable bonds is 9. The average molecular weight is 621 g/mol. The zero-order valence-corrected chi connectivity index (χ0v) is 22.6. The molecule has 44 heavy (non-hydrogen) atoms. The molecule has 3 aromatic heterocycles. The number of nitrogens with two attached hydrogens (primary N) is 1. The van der Waals surface area contributed by atoms with Crippen molar-refractivity contribution >= 4 is 11.8 Å². The quantitative estimate of drug-likeness (QED) is 0.194. The Hall–Kier alpha value is -4.82. The van der Waals surface area contributed by atoms with Gasteiger partial charge in [0.1, 0.15) is 29.6 Å². The van der Waals surface area contributed by atoms with Gasteiger partial charge in [-0.1, -0.05) is 6.07 Å². The standard InChI is InChI=1S/C29H23F7N6O2/c30-16-7-14(8-17(31)11-16)9-21(23-18(4-2-6-38-23)15-10-20(28(37)44)27(34)39-12-15)40-22(43)13-42-25-19(24(41-42)26(32)33)3-1-5-29(25,35)36/h2,4,6-8,10-12,21,26H,1,3,5,9,13H2,(H2,37,44)(H,40,43)/t21-/m0/s1. The van der Waals surface area contributed by atoms with Crippen LogP contribution in [0.2, 0.25) is 0 Å². The highest BCUT2D eigenvalue weighted by atomic mass is 19.3. The first-order chi connectivity index (χ1) is 20.8. The number of carbonyl (C=O) groups excluding carboxylic acids is 2. The lowest BCUT2D eigenvalue weighted by Crippen LogP contribution is -2.35. The van der Waals surface area contributed by atoms with E-state index < -0.39 is 77.7 Å². The number of halogens is 7. The van der Waals surface area contributed by atoms with Gasteiger partial charge in [0, 0.05) is 41.6 Å². The monoisotopic (exact) mass is 620 g/mol. The second-order valence-electron chi connectivity index (χ2n) is 10.2. The maximum Gasteiger partial charge on any atom is 0.289 e. The van der Waals surface area contributed by atoms with E-state index in [0.29, 0.717) is 10.7 Å². The van der Waals surface area contributed by atoms with Crippen LogP contribution in [0.15, 0.2) is 48.8 Å². The predicted octanol–water partition coefficient (Wildman–Crippen LogP) is 5.32. The first-order valence-electron chi connectivity index (χ1n) is 13.2. The van der Waals surface area contributed by atoms with Gasteiger partial charge in [0.2, 0.25) is 11.9 Å². The Bertz CT molecular complexity index is 1720. The summed E-state index contributed by atoms with van der Waals surface area (Å²) in [6.45, 7) is -0.884. The minimum absolute atomic E-state index is 0.0396. The summed E-state index contributed by atoms with van der Waals surface area (Å²) in [5.41, 5.74) is 3.30. The molecular formula is C29H23F7N6O2. The molecule has 0 fully saturated rings. The molecule has 1 aromatic carbocycles. The van der Waals surface area contributed by atoms with Gasteiger partial charge in [0.15, 0.2) is 0 Å². The molecule has 1 atom stereocenters. The molecule has 0 bridgehead atoms. The number of alkyl halides is 4. The van der Waals surface area contributed by atoms with E-state index in [-0.39, 0.29) is 47.2 Å². The summed E-state index contributed by atoms with van der Waals surface area (Å²) in [5, 5.41) is 6.21. The highest BCUT2D eigenvalue weighted by Gasteiger charge is 2.43. The molecule has 230 valence electrons. The number of hydrogen-bond donors (Lipinski definition) is 2. The molecule has 1 aliphatic carbocycles. The van der Waals surface area contributed by atoms with Crippen LogP contribution in [0.25, 0.3) is 11.1 Å². The van der Waals surface area contributed by atoms with Crippen LogP contribution in [0.5, 0.6) is 0 Å². The van der Waals surface area contributed by atoms with Gasteiger partial charge in [-0.15, -0.1) is 0 Å². The molecule has 0 unspecified atom stereocenters. The largest absolute Gasteiger partial charge is 0.365 e. The third-order valence-electron chi connectivity index (χ3n) is 7.13. The molecule has 3 heterocycles. The summed E-state index contributed by atoms with van der Waals surface area (Å²) in [7, 11) is 0. The van der Waals surface area contributed by atoms with Crippen LogP contribution in [0.3, 0.4) is 0 Å². The minimum atomic E-state index is -3.51. The van der Waals surface area contributed by atoms with Crippen molar-refractivity contribution in [3.05, 3.63) is 100 Å². The van der Waals surface area contributed by atoms with Gasteiger partial charge in [0.05, 0.1) is 17.3 Å². The van der Waals surface area contributed by atoms with Gasteiger partial charge < -0.3 is 11.1 Å². The number of fused-ring (bicyclic) bond motifs is 1. The molecular weight excluding hydrogens is 597 g/mol. The van der Waals surface area contributed by atoms with Gasteiger partial charge in [-0.25, -0.2) is 22.5 Å².